The Morgan fingerprint density at radius 2 is 1.91 bits per heavy atom. The summed E-state index contributed by atoms with van der Waals surface area (Å²) in [5.41, 5.74) is 2.85. The van der Waals surface area contributed by atoms with Crippen LogP contribution < -0.4 is 0 Å². The fraction of sp³-hybridized carbons (Fsp3) is 0.286. The fourth-order valence-corrected chi connectivity index (χ4v) is 5.25. The Hall–Kier alpha value is -3.29. The number of carbonyl (C=O) groups excluding carboxylic acids is 2. The highest BCUT2D eigenvalue weighted by Crippen LogP contribution is 2.37. The highest BCUT2D eigenvalue weighted by atomic mass is 32.1. The first-order valence-electron chi connectivity index (χ1n) is 11.7. The number of methoxy groups -OCH3 is 1. The topological polar surface area (TPSA) is 49.9 Å². The molecule has 1 aliphatic rings. The van der Waals surface area contributed by atoms with Crippen molar-refractivity contribution >= 4 is 29.2 Å². The van der Waals surface area contributed by atoms with E-state index in [9.17, 15) is 14.0 Å². The van der Waals surface area contributed by atoms with E-state index in [1.54, 1.807) is 41.6 Å². The van der Waals surface area contributed by atoms with E-state index in [1.165, 1.54) is 23.1 Å². The molecule has 0 radical (unpaired) electrons. The molecule has 0 saturated heterocycles. The van der Waals surface area contributed by atoms with Crippen LogP contribution in [0.25, 0.3) is 6.08 Å². The molecule has 0 fully saturated rings. The molecule has 3 aromatic rings. The van der Waals surface area contributed by atoms with Gasteiger partial charge in [-0.3, -0.25) is 9.59 Å². The van der Waals surface area contributed by atoms with Crippen molar-refractivity contribution in [1.82, 2.24) is 9.80 Å². The van der Waals surface area contributed by atoms with Crippen LogP contribution in [-0.4, -0.2) is 55.0 Å². The van der Waals surface area contributed by atoms with E-state index in [4.69, 9.17) is 4.74 Å². The van der Waals surface area contributed by atoms with Crippen molar-refractivity contribution in [1.29, 1.82) is 0 Å². The molecule has 0 N–H and O–H groups in total. The average molecular weight is 493 g/mol. The summed E-state index contributed by atoms with van der Waals surface area (Å²) in [5.74, 6) is -0.659. The third-order valence-electron chi connectivity index (χ3n) is 6.10. The van der Waals surface area contributed by atoms with Gasteiger partial charge in [0.25, 0.3) is 0 Å². The van der Waals surface area contributed by atoms with Gasteiger partial charge in [-0.25, -0.2) is 4.39 Å². The molecule has 0 saturated carbocycles. The van der Waals surface area contributed by atoms with Crippen LogP contribution in [0.15, 0.2) is 72.1 Å². The molecule has 0 aliphatic carbocycles. The number of ether oxygens (including phenoxy) is 1. The van der Waals surface area contributed by atoms with E-state index >= 15 is 0 Å². The van der Waals surface area contributed by atoms with Crippen LogP contribution in [0.4, 0.5) is 4.39 Å². The smallest absolute Gasteiger partial charge is 0.247 e. The summed E-state index contributed by atoms with van der Waals surface area (Å²) in [7, 11) is 1.62. The van der Waals surface area contributed by atoms with Crippen LogP contribution in [0.2, 0.25) is 0 Å². The van der Waals surface area contributed by atoms with Gasteiger partial charge in [0.2, 0.25) is 11.8 Å². The predicted octanol–water partition coefficient (Wildman–Crippen LogP) is 4.94. The van der Waals surface area contributed by atoms with E-state index < -0.39 is 0 Å². The Morgan fingerprint density at radius 3 is 2.66 bits per heavy atom. The lowest BCUT2D eigenvalue weighted by Gasteiger charge is -2.37. The zero-order valence-corrected chi connectivity index (χ0v) is 20.5. The number of rotatable bonds is 9. The lowest BCUT2D eigenvalue weighted by molar-refractivity contribution is -0.139. The lowest BCUT2D eigenvalue weighted by atomic mass is 9.93. The molecular formula is C28H29FN2O3S. The van der Waals surface area contributed by atoms with E-state index in [0.29, 0.717) is 26.1 Å². The molecule has 1 aromatic heterocycles. The van der Waals surface area contributed by atoms with Crippen molar-refractivity contribution < 1.29 is 18.7 Å². The molecule has 2 heterocycles. The summed E-state index contributed by atoms with van der Waals surface area (Å²) in [6.45, 7) is 1.43. The Bertz CT molecular complexity index is 1160. The van der Waals surface area contributed by atoms with E-state index in [-0.39, 0.29) is 30.2 Å². The highest BCUT2D eigenvalue weighted by Gasteiger charge is 2.33. The summed E-state index contributed by atoms with van der Waals surface area (Å²) in [4.78, 5) is 31.3. The molecule has 4 rings (SSSR count). The monoisotopic (exact) mass is 492 g/mol. The average Bonchev–Trinajstić information content (AvgIpc) is 3.36. The lowest BCUT2D eigenvalue weighted by Crippen LogP contribution is -2.46. The number of carbonyl (C=O) groups is 2. The van der Waals surface area contributed by atoms with Crippen LogP contribution in [0.3, 0.4) is 0 Å². The molecule has 182 valence electrons. The fourth-order valence-electron chi connectivity index (χ4n) is 4.35. The zero-order valence-electron chi connectivity index (χ0n) is 19.7. The second-order valence-electron chi connectivity index (χ2n) is 8.44. The standard InChI is InChI=1S/C28H29FN2O3S/c1-34-18-5-16-30(26(32)13-8-21-6-3-2-4-7-21)20-27(33)31-17-14-25-24(15-19-35-25)28(31)22-9-11-23(29)12-10-22/h2-4,6-13,15,19,28H,5,14,16-18,20H2,1H3. The Kier molecular flexibility index (Phi) is 8.45. The van der Waals surface area contributed by atoms with Crippen molar-refractivity contribution in [3.63, 3.8) is 0 Å². The minimum absolute atomic E-state index is 0.0289. The number of nitrogens with zero attached hydrogens (tertiary/aromatic N) is 2. The first-order chi connectivity index (χ1) is 17.1. The quantitative estimate of drug-likeness (QED) is 0.314. The van der Waals surface area contributed by atoms with Gasteiger partial charge in [-0.2, -0.15) is 0 Å². The van der Waals surface area contributed by atoms with Crippen LogP contribution >= 0.6 is 11.3 Å². The SMILES string of the molecule is COCCCN(CC(=O)N1CCc2sccc2C1c1ccc(F)cc1)C(=O)C=Cc1ccccc1. The molecule has 0 spiro atoms. The Labute approximate surface area is 209 Å². The Balaban J connectivity index is 1.55. The summed E-state index contributed by atoms with van der Waals surface area (Å²) in [6, 6.07) is 17.6. The van der Waals surface area contributed by atoms with E-state index in [2.05, 4.69) is 0 Å². The molecular weight excluding hydrogens is 463 g/mol. The largest absolute Gasteiger partial charge is 0.385 e. The van der Waals surface area contributed by atoms with Crippen molar-refractivity contribution in [2.75, 3.05) is 33.4 Å². The molecule has 1 unspecified atom stereocenters. The summed E-state index contributed by atoms with van der Waals surface area (Å²) in [6.07, 6.45) is 4.67. The highest BCUT2D eigenvalue weighted by molar-refractivity contribution is 7.10. The van der Waals surface area contributed by atoms with Gasteiger partial charge >= 0.3 is 0 Å². The Morgan fingerprint density at radius 1 is 1.14 bits per heavy atom. The van der Waals surface area contributed by atoms with Gasteiger partial charge < -0.3 is 14.5 Å². The van der Waals surface area contributed by atoms with Gasteiger partial charge in [0.1, 0.15) is 12.4 Å². The third-order valence-corrected chi connectivity index (χ3v) is 7.10. The number of hydrogen-bond acceptors (Lipinski definition) is 4. The van der Waals surface area contributed by atoms with Gasteiger partial charge in [0.05, 0.1) is 6.04 Å². The van der Waals surface area contributed by atoms with Crippen molar-refractivity contribution in [3.8, 4) is 0 Å². The summed E-state index contributed by atoms with van der Waals surface area (Å²) >= 11 is 1.68. The first-order valence-corrected chi connectivity index (χ1v) is 12.6. The van der Waals surface area contributed by atoms with Gasteiger partial charge in [0.15, 0.2) is 0 Å². The van der Waals surface area contributed by atoms with Crippen molar-refractivity contribution in [3.05, 3.63) is 99.5 Å². The molecule has 35 heavy (non-hydrogen) atoms. The van der Waals surface area contributed by atoms with E-state index in [1.807, 2.05) is 46.7 Å². The summed E-state index contributed by atoms with van der Waals surface area (Å²) < 4.78 is 18.8. The zero-order chi connectivity index (χ0) is 24.6. The number of thiophene rings is 1. The van der Waals surface area contributed by atoms with Gasteiger partial charge in [0, 0.05) is 37.8 Å². The number of hydrogen-bond donors (Lipinski definition) is 0. The molecule has 2 aromatic carbocycles. The molecule has 7 heteroatoms. The molecule has 5 nitrogen and oxygen atoms in total. The summed E-state index contributed by atoms with van der Waals surface area (Å²) in [5, 5.41) is 2.03. The first kappa shape index (κ1) is 24.8. The van der Waals surface area contributed by atoms with Gasteiger partial charge in [-0.15, -0.1) is 11.3 Å². The van der Waals surface area contributed by atoms with Crippen LogP contribution in [0.1, 0.15) is 34.0 Å². The molecule has 0 bridgehead atoms. The van der Waals surface area contributed by atoms with Crippen LogP contribution in [-0.2, 0) is 20.7 Å². The third kappa shape index (κ3) is 6.24. The van der Waals surface area contributed by atoms with Gasteiger partial charge in [-0.05, 0) is 59.2 Å². The number of amides is 2. The maximum Gasteiger partial charge on any atom is 0.247 e. The molecule has 1 aliphatic heterocycles. The van der Waals surface area contributed by atoms with Crippen molar-refractivity contribution in [2.45, 2.75) is 18.9 Å². The van der Waals surface area contributed by atoms with Crippen LogP contribution in [0.5, 0.6) is 0 Å². The molecule has 1 atom stereocenters. The number of fused-ring (bicyclic) bond motifs is 1. The molecule has 2 amide bonds. The maximum atomic E-state index is 13.6. The van der Waals surface area contributed by atoms with Crippen molar-refractivity contribution in [2.24, 2.45) is 0 Å². The minimum Gasteiger partial charge on any atom is -0.385 e. The minimum atomic E-state index is -0.312. The number of benzene rings is 2. The predicted molar refractivity (Wildman–Crippen MR) is 137 cm³/mol. The normalized spacial score (nSPS) is 15.3. The van der Waals surface area contributed by atoms with Gasteiger partial charge in [-0.1, -0.05) is 42.5 Å². The van der Waals surface area contributed by atoms with Crippen LogP contribution in [0, 0.1) is 5.82 Å². The van der Waals surface area contributed by atoms with E-state index in [0.717, 1.165) is 23.1 Å². The second-order valence-corrected chi connectivity index (χ2v) is 9.44. The second kappa shape index (κ2) is 11.9. The number of halogens is 1. The maximum absolute atomic E-state index is 13.6.